The van der Waals surface area contributed by atoms with E-state index in [1.165, 1.54) is 11.8 Å². The van der Waals surface area contributed by atoms with Crippen molar-refractivity contribution in [1.29, 1.82) is 0 Å². The molecule has 0 aliphatic carbocycles. The number of hydrogen-bond donors (Lipinski definition) is 0. The summed E-state index contributed by atoms with van der Waals surface area (Å²) in [5.41, 5.74) is 0.779. The van der Waals surface area contributed by atoms with Gasteiger partial charge >= 0.3 is 0 Å². The van der Waals surface area contributed by atoms with Crippen molar-refractivity contribution in [2.24, 2.45) is 0 Å². The maximum absolute atomic E-state index is 11.3. The number of ether oxygens (including phenoxy) is 1. The second-order valence-electron chi connectivity index (χ2n) is 3.01. The van der Waals surface area contributed by atoms with Crippen molar-refractivity contribution in [3.05, 3.63) is 24.3 Å². The molecule has 0 bridgehead atoms. The van der Waals surface area contributed by atoms with E-state index in [1.807, 2.05) is 0 Å². The molecule has 1 aromatic rings. The van der Waals surface area contributed by atoms with E-state index in [2.05, 4.69) is 5.92 Å². The minimum atomic E-state index is -0.0712. The topological polar surface area (TPSA) is 29.5 Å². The van der Waals surface area contributed by atoms with Gasteiger partial charge in [-0.3, -0.25) is 4.79 Å². The first-order valence-corrected chi connectivity index (χ1v) is 4.54. The zero-order valence-electron chi connectivity index (χ0n) is 8.86. The van der Waals surface area contributed by atoms with E-state index in [0.717, 1.165) is 11.4 Å². The molecule has 1 aromatic carbocycles. The smallest absolute Gasteiger partial charge is 0.224 e. The van der Waals surface area contributed by atoms with Gasteiger partial charge in [-0.25, -0.2) is 0 Å². The van der Waals surface area contributed by atoms with Crippen LogP contribution in [0.5, 0.6) is 5.75 Å². The van der Waals surface area contributed by atoms with Gasteiger partial charge in [-0.15, -0.1) is 6.42 Å². The maximum atomic E-state index is 11.3. The Kier molecular flexibility index (Phi) is 3.75. The lowest BCUT2D eigenvalue weighted by atomic mass is 10.2. The molecule has 0 unspecified atom stereocenters. The lowest BCUT2D eigenvalue weighted by Crippen LogP contribution is -2.28. The van der Waals surface area contributed by atoms with Crippen LogP contribution >= 0.6 is 0 Å². The summed E-state index contributed by atoms with van der Waals surface area (Å²) in [6.07, 6.45) is 5.19. The summed E-state index contributed by atoms with van der Waals surface area (Å²) < 4.78 is 5.03. The Morgan fingerprint density at radius 3 is 2.47 bits per heavy atom. The number of amides is 1. The quantitative estimate of drug-likeness (QED) is 0.699. The molecular formula is C12H13NO2. The zero-order valence-corrected chi connectivity index (χ0v) is 8.86. The monoisotopic (exact) mass is 203 g/mol. The summed E-state index contributed by atoms with van der Waals surface area (Å²) in [5, 5.41) is 0. The first kappa shape index (κ1) is 11.1. The van der Waals surface area contributed by atoms with Crippen LogP contribution in [0.15, 0.2) is 24.3 Å². The molecule has 0 saturated heterocycles. The molecule has 78 valence electrons. The lowest BCUT2D eigenvalue weighted by Gasteiger charge is -2.18. The van der Waals surface area contributed by atoms with E-state index in [9.17, 15) is 4.79 Å². The molecule has 0 N–H and O–H groups in total. The SMILES string of the molecule is C#CCN(C(C)=O)c1ccc(OC)cc1. The first-order valence-electron chi connectivity index (χ1n) is 4.54. The van der Waals surface area contributed by atoms with Crippen molar-refractivity contribution in [3.63, 3.8) is 0 Å². The Bertz CT molecular complexity index is 376. The molecule has 15 heavy (non-hydrogen) atoms. The third kappa shape index (κ3) is 2.75. The normalized spacial score (nSPS) is 9.13. The van der Waals surface area contributed by atoms with Crippen LogP contribution in [0, 0.1) is 12.3 Å². The number of anilines is 1. The number of hydrogen-bond acceptors (Lipinski definition) is 2. The van der Waals surface area contributed by atoms with Crippen molar-refractivity contribution < 1.29 is 9.53 Å². The van der Waals surface area contributed by atoms with Crippen LogP contribution in [0.1, 0.15) is 6.92 Å². The average Bonchev–Trinajstić information content (AvgIpc) is 2.26. The van der Waals surface area contributed by atoms with Crippen LogP contribution in [0.2, 0.25) is 0 Å². The molecule has 3 heteroatoms. The van der Waals surface area contributed by atoms with Gasteiger partial charge in [0.05, 0.1) is 13.7 Å². The van der Waals surface area contributed by atoms with Gasteiger partial charge in [0.2, 0.25) is 5.91 Å². The molecule has 0 spiro atoms. The van der Waals surface area contributed by atoms with Crippen LogP contribution < -0.4 is 9.64 Å². The van der Waals surface area contributed by atoms with Gasteiger partial charge < -0.3 is 9.64 Å². The van der Waals surface area contributed by atoms with E-state index >= 15 is 0 Å². The van der Waals surface area contributed by atoms with E-state index in [0.29, 0.717) is 0 Å². The van der Waals surface area contributed by atoms with Gasteiger partial charge in [-0.05, 0) is 24.3 Å². The second-order valence-corrected chi connectivity index (χ2v) is 3.01. The summed E-state index contributed by atoms with van der Waals surface area (Å²) in [5.74, 6) is 3.13. The Morgan fingerprint density at radius 1 is 1.47 bits per heavy atom. The van der Waals surface area contributed by atoms with Crippen LogP contribution in [-0.2, 0) is 4.79 Å². The average molecular weight is 203 g/mol. The van der Waals surface area contributed by atoms with Crippen molar-refractivity contribution in [2.75, 3.05) is 18.6 Å². The van der Waals surface area contributed by atoms with Crippen molar-refractivity contribution in [1.82, 2.24) is 0 Å². The minimum absolute atomic E-state index is 0.0712. The number of carbonyl (C=O) groups excluding carboxylic acids is 1. The zero-order chi connectivity index (χ0) is 11.3. The fourth-order valence-corrected chi connectivity index (χ4v) is 1.24. The fourth-order valence-electron chi connectivity index (χ4n) is 1.24. The van der Waals surface area contributed by atoms with Crippen LogP contribution in [0.4, 0.5) is 5.69 Å². The highest BCUT2D eigenvalue weighted by Gasteiger charge is 2.09. The largest absolute Gasteiger partial charge is 0.497 e. The molecule has 0 aliphatic heterocycles. The Hall–Kier alpha value is -1.95. The summed E-state index contributed by atoms with van der Waals surface area (Å²) in [7, 11) is 1.60. The molecule has 3 nitrogen and oxygen atoms in total. The standard InChI is InChI=1S/C12H13NO2/c1-4-9-13(10(2)14)11-5-7-12(15-3)8-6-11/h1,5-8H,9H2,2-3H3. The predicted molar refractivity (Wildman–Crippen MR) is 59.9 cm³/mol. The number of benzene rings is 1. The first-order chi connectivity index (χ1) is 7.19. The molecule has 0 atom stereocenters. The predicted octanol–water partition coefficient (Wildman–Crippen LogP) is 1.68. The van der Waals surface area contributed by atoms with Gasteiger partial charge in [0.1, 0.15) is 5.75 Å². The van der Waals surface area contributed by atoms with E-state index in [4.69, 9.17) is 11.2 Å². The highest BCUT2D eigenvalue weighted by molar-refractivity contribution is 5.91. The van der Waals surface area contributed by atoms with Crippen molar-refractivity contribution >= 4 is 11.6 Å². The molecule has 0 radical (unpaired) electrons. The Morgan fingerprint density at radius 2 is 2.07 bits per heavy atom. The lowest BCUT2D eigenvalue weighted by molar-refractivity contribution is -0.116. The number of carbonyl (C=O) groups is 1. The summed E-state index contributed by atoms with van der Waals surface area (Å²) >= 11 is 0. The highest BCUT2D eigenvalue weighted by Crippen LogP contribution is 2.18. The van der Waals surface area contributed by atoms with E-state index in [-0.39, 0.29) is 12.5 Å². The third-order valence-corrected chi connectivity index (χ3v) is 2.01. The summed E-state index contributed by atoms with van der Waals surface area (Å²) in [6, 6.07) is 7.19. The highest BCUT2D eigenvalue weighted by atomic mass is 16.5. The minimum Gasteiger partial charge on any atom is -0.497 e. The van der Waals surface area contributed by atoms with Crippen LogP contribution in [0.3, 0.4) is 0 Å². The fraction of sp³-hybridized carbons (Fsp3) is 0.250. The summed E-state index contributed by atoms with van der Waals surface area (Å²) in [6.45, 7) is 1.77. The van der Waals surface area contributed by atoms with Crippen LogP contribution in [-0.4, -0.2) is 19.6 Å². The molecule has 0 fully saturated rings. The maximum Gasteiger partial charge on any atom is 0.224 e. The van der Waals surface area contributed by atoms with Crippen molar-refractivity contribution in [3.8, 4) is 18.1 Å². The van der Waals surface area contributed by atoms with Gasteiger partial charge in [0, 0.05) is 12.6 Å². The molecular weight excluding hydrogens is 190 g/mol. The summed E-state index contributed by atoms with van der Waals surface area (Å²) in [4.78, 5) is 12.8. The molecule has 0 aromatic heterocycles. The number of rotatable bonds is 3. The number of terminal acetylenes is 1. The van der Waals surface area contributed by atoms with Gasteiger partial charge in [-0.1, -0.05) is 5.92 Å². The second kappa shape index (κ2) is 5.06. The van der Waals surface area contributed by atoms with Gasteiger partial charge in [0.15, 0.2) is 0 Å². The third-order valence-electron chi connectivity index (χ3n) is 2.01. The molecule has 0 heterocycles. The Balaban J connectivity index is 2.92. The van der Waals surface area contributed by atoms with Gasteiger partial charge in [0.25, 0.3) is 0 Å². The molecule has 0 aliphatic rings. The molecule has 1 rings (SSSR count). The number of nitrogens with zero attached hydrogens (tertiary/aromatic N) is 1. The van der Waals surface area contributed by atoms with E-state index in [1.54, 1.807) is 31.4 Å². The van der Waals surface area contributed by atoms with E-state index < -0.39 is 0 Å². The van der Waals surface area contributed by atoms with Crippen molar-refractivity contribution in [2.45, 2.75) is 6.92 Å². The van der Waals surface area contributed by atoms with Crippen LogP contribution in [0.25, 0.3) is 0 Å². The number of methoxy groups -OCH3 is 1. The molecule has 0 saturated carbocycles. The molecule has 1 amide bonds. The van der Waals surface area contributed by atoms with Gasteiger partial charge in [-0.2, -0.15) is 0 Å². The Labute approximate surface area is 89.7 Å².